The molecule has 2 aromatic carbocycles. The van der Waals surface area contributed by atoms with Crippen LogP contribution in [0, 0.1) is 12.7 Å². The number of nitrogens with one attached hydrogen (secondary N) is 1. The van der Waals surface area contributed by atoms with Gasteiger partial charge in [0.05, 0.1) is 29.3 Å². The maximum atomic E-state index is 15.6. The summed E-state index contributed by atoms with van der Waals surface area (Å²) in [6, 6.07) is 10.7. The minimum Gasteiger partial charge on any atom is -0.383 e. The fourth-order valence-electron chi connectivity index (χ4n) is 5.06. The summed E-state index contributed by atoms with van der Waals surface area (Å²) in [5.74, 6) is -0.368. The fraction of sp³-hybridized carbons (Fsp3) is 0.296. The Bertz CT molecular complexity index is 1550. The third-order valence-electron chi connectivity index (χ3n) is 6.95. The molecule has 1 fully saturated rings. The Morgan fingerprint density at radius 1 is 1.15 bits per heavy atom. The molecule has 4 aromatic rings. The van der Waals surface area contributed by atoms with Gasteiger partial charge in [-0.2, -0.15) is 5.10 Å². The van der Waals surface area contributed by atoms with E-state index in [0.717, 1.165) is 10.5 Å². The number of likely N-dealkylation sites (tertiary alicyclic amines) is 1. The molecule has 11 nitrogen and oxygen atoms in total. The van der Waals surface area contributed by atoms with Crippen molar-refractivity contribution in [3.05, 3.63) is 60.2 Å². The van der Waals surface area contributed by atoms with Crippen LogP contribution in [0.5, 0.6) is 0 Å². The Kier molecular flexibility index (Phi) is 7.11. The average molecular weight is 532 g/mol. The summed E-state index contributed by atoms with van der Waals surface area (Å²) >= 11 is 0. The summed E-state index contributed by atoms with van der Waals surface area (Å²) in [7, 11) is 1.75. The number of primary amides is 1. The van der Waals surface area contributed by atoms with E-state index in [2.05, 4.69) is 15.3 Å². The van der Waals surface area contributed by atoms with E-state index >= 15 is 4.39 Å². The molecule has 2 aromatic heterocycles. The highest BCUT2D eigenvalue weighted by Gasteiger charge is 2.28. The molecule has 5 N–H and O–H groups in total. The zero-order chi connectivity index (χ0) is 27.7. The number of hydrogen-bond donors (Lipinski definition) is 3. The number of likely N-dealkylation sites (N-methyl/N-ethyl adjacent to an activating group) is 1. The number of nitrogens with zero attached hydrogens (tertiary/aromatic N) is 6. The second-order valence-electron chi connectivity index (χ2n) is 9.57. The number of benzene rings is 2. The number of amides is 3. The van der Waals surface area contributed by atoms with Gasteiger partial charge in [0, 0.05) is 18.7 Å². The molecule has 0 unspecified atom stereocenters. The molecule has 0 radical (unpaired) electrons. The number of aromatic nitrogens is 4. The Morgan fingerprint density at radius 3 is 2.59 bits per heavy atom. The van der Waals surface area contributed by atoms with Gasteiger partial charge in [0.1, 0.15) is 23.7 Å². The van der Waals surface area contributed by atoms with Gasteiger partial charge < -0.3 is 21.7 Å². The normalized spacial score (nSPS) is 14.1. The van der Waals surface area contributed by atoms with Gasteiger partial charge in [0.15, 0.2) is 5.65 Å². The summed E-state index contributed by atoms with van der Waals surface area (Å²) in [4.78, 5) is 36.1. The lowest BCUT2D eigenvalue weighted by Gasteiger charge is -2.32. The molecule has 5 rings (SSSR count). The van der Waals surface area contributed by atoms with Crippen molar-refractivity contribution in [3.63, 3.8) is 0 Å². The average Bonchev–Trinajstić information content (AvgIpc) is 3.31. The van der Waals surface area contributed by atoms with Gasteiger partial charge in [-0.15, -0.1) is 0 Å². The fourth-order valence-corrected chi connectivity index (χ4v) is 5.06. The van der Waals surface area contributed by atoms with E-state index in [1.807, 2.05) is 17.9 Å². The number of nitrogen functional groups attached to an aromatic ring is 1. The highest BCUT2D eigenvalue weighted by molar-refractivity contribution is 6.00. The smallest absolute Gasteiger partial charge is 0.323 e. The van der Waals surface area contributed by atoms with E-state index in [1.165, 1.54) is 18.5 Å². The number of fused-ring (bicyclic) bond motifs is 1. The predicted molar refractivity (Wildman–Crippen MR) is 147 cm³/mol. The first kappa shape index (κ1) is 26.0. The Hall–Kier alpha value is -4.58. The number of urea groups is 1. The third-order valence-corrected chi connectivity index (χ3v) is 6.95. The maximum absolute atomic E-state index is 15.6. The Labute approximate surface area is 224 Å². The summed E-state index contributed by atoms with van der Waals surface area (Å²) < 4.78 is 17.4. The van der Waals surface area contributed by atoms with Gasteiger partial charge in [-0.3, -0.25) is 9.69 Å². The van der Waals surface area contributed by atoms with Gasteiger partial charge in [-0.25, -0.2) is 23.8 Å². The maximum Gasteiger partial charge on any atom is 0.323 e. The highest BCUT2D eigenvalue weighted by atomic mass is 19.1. The zero-order valence-corrected chi connectivity index (χ0v) is 21.8. The molecule has 12 heteroatoms. The quantitative estimate of drug-likeness (QED) is 0.346. The third kappa shape index (κ3) is 4.98. The predicted octanol–water partition coefficient (Wildman–Crippen LogP) is 3.12. The SMILES string of the molecule is CNCC(=O)N1CCC(n2nc(-c3ccc(N(C(N)=O)c4cccc(C)c4)c(F)c3)c3c(N)ncnc32)CC1. The number of nitrogens with two attached hydrogens (primary N) is 2. The van der Waals surface area contributed by atoms with Crippen LogP contribution < -0.4 is 21.7 Å². The largest absolute Gasteiger partial charge is 0.383 e. The van der Waals surface area contributed by atoms with E-state index < -0.39 is 11.8 Å². The monoisotopic (exact) mass is 531 g/mol. The molecule has 0 spiro atoms. The molecular weight excluding hydrogens is 501 g/mol. The molecule has 1 aliphatic heterocycles. The van der Waals surface area contributed by atoms with E-state index in [4.69, 9.17) is 16.6 Å². The minimum absolute atomic E-state index is 0.0171. The zero-order valence-electron chi connectivity index (χ0n) is 21.8. The lowest BCUT2D eigenvalue weighted by Crippen LogP contribution is -2.42. The number of aryl methyl sites for hydroxylation is 1. The van der Waals surface area contributed by atoms with Crippen LogP contribution >= 0.6 is 0 Å². The second kappa shape index (κ2) is 10.7. The van der Waals surface area contributed by atoms with Gasteiger partial charge >= 0.3 is 6.03 Å². The lowest BCUT2D eigenvalue weighted by atomic mass is 10.1. The van der Waals surface area contributed by atoms with E-state index in [1.54, 1.807) is 36.0 Å². The molecular formula is C27H30FN9O2. The number of carbonyl (C=O) groups excluding carboxylic acids is 2. The van der Waals surface area contributed by atoms with Crippen molar-refractivity contribution in [2.24, 2.45) is 5.73 Å². The summed E-state index contributed by atoms with van der Waals surface area (Å²) in [6.45, 7) is 3.35. The van der Waals surface area contributed by atoms with Crippen molar-refractivity contribution in [1.29, 1.82) is 0 Å². The molecule has 0 bridgehead atoms. The molecule has 1 saturated heterocycles. The molecule has 3 heterocycles. The van der Waals surface area contributed by atoms with Crippen LogP contribution in [0.2, 0.25) is 0 Å². The number of piperidine rings is 1. The molecule has 3 amide bonds. The highest BCUT2D eigenvalue weighted by Crippen LogP contribution is 2.37. The van der Waals surface area contributed by atoms with Gasteiger partial charge in [0.2, 0.25) is 5.91 Å². The molecule has 202 valence electrons. The first-order valence-corrected chi connectivity index (χ1v) is 12.7. The molecule has 0 atom stereocenters. The Balaban J connectivity index is 1.51. The van der Waals surface area contributed by atoms with Crippen LogP contribution in [0.3, 0.4) is 0 Å². The van der Waals surface area contributed by atoms with Crippen LogP contribution in [0.15, 0.2) is 48.8 Å². The molecule has 1 aliphatic rings. The number of halogens is 1. The Morgan fingerprint density at radius 2 is 1.92 bits per heavy atom. The van der Waals surface area contributed by atoms with Crippen LogP contribution in [0.25, 0.3) is 22.3 Å². The van der Waals surface area contributed by atoms with Gasteiger partial charge in [0.25, 0.3) is 0 Å². The lowest BCUT2D eigenvalue weighted by molar-refractivity contribution is -0.131. The number of rotatable bonds is 6. The number of anilines is 3. The van der Waals surface area contributed by atoms with Crippen molar-refractivity contribution in [2.75, 3.05) is 37.3 Å². The minimum atomic E-state index is -0.806. The number of hydrogen-bond acceptors (Lipinski definition) is 7. The van der Waals surface area contributed by atoms with Crippen molar-refractivity contribution in [1.82, 2.24) is 30.0 Å². The first-order valence-electron chi connectivity index (χ1n) is 12.7. The molecule has 0 aliphatic carbocycles. The van der Waals surface area contributed by atoms with Gasteiger partial charge in [-0.1, -0.05) is 18.2 Å². The van der Waals surface area contributed by atoms with Crippen LogP contribution in [0.4, 0.5) is 26.4 Å². The summed E-state index contributed by atoms with van der Waals surface area (Å²) in [5.41, 5.74) is 14.7. The standard InChI is InChI=1S/C27H30FN9O2/c1-16-4-3-5-19(12-16)36(27(30)39)21-7-6-17(13-20(21)28)24-23-25(29)32-15-33-26(23)37(34-24)18-8-10-35(11-9-18)22(38)14-31-2/h3-7,12-13,15,18,31H,8-11,14H2,1-2H3,(H2,30,39)(H2,29,32,33). The summed E-state index contributed by atoms with van der Waals surface area (Å²) in [5, 5.41) is 8.23. The summed E-state index contributed by atoms with van der Waals surface area (Å²) in [6.07, 6.45) is 2.75. The van der Waals surface area contributed by atoms with Crippen LogP contribution in [-0.4, -0.2) is 63.3 Å². The van der Waals surface area contributed by atoms with Crippen molar-refractivity contribution in [3.8, 4) is 11.3 Å². The van der Waals surface area contributed by atoms with Crippen molar-refractivity contribution in [2.45, 2.75) is 25.8 Å². The molecule has 39 heavy (non-hydrogen) atoms. The second-order valence-corrected chi connectivity index (χ2v) is 9.57. The van der Waals surface area contributed by atoms with Gasteiger partial charge in [-0.05, 0) is 56.6 Å². The van der Waals surface area contributed by atoms with E-state index in [-0.39, 0.29) is 23.5 Å². The molecule has 0 saturated carbocycles. The van der Waals surface area contributed by atoms with E-state index in [0.29, 0.717) is 60.5 Å². The van der Waals surface area contributed by atoms with Crippen molar-refractivity contribution >= 4 is 40.2 Å². The van der Waals surface area contributed by atoms with Crippen LogP contribution in [0.1, 0.15) is 24.4 Å². The number of carbonyl (C=O) groups is 2. The van der Waals surface area contributed by atoms with Crippen molar-refractivity contribution < 1.29 is 14.0 Å². The van der Waals surface area contributed by atoms with Crippen LogP contribution in [-0.2, 0) is 4.79 Å². The van der Waals surface area contributed by atoms with E-state index in [9.17, 15) is 9.59 Å². The first-order chi connectivity index (χ1) is 18.8. The topological polar surface area (TPSA) is 148 Å².